The van der Waals surface area contributed by atoms with Gasteiger partial charge in [0, 0.05) is 0 Å². The van der Waals surface area contributed by atoms with E-state index in [-0.39, 0.29) is 34.0 Å². The van der Waals surface area contributed by atoms with E-state index in [4.69, 9.17) is 46.6 Å². The molecule has 0 spiro atoms. The van der Waals surface area contributed by atoms with Gasteiger partial charge in [-0.3, -0.25) is 22.7 Å². The number of hydrogen-bond acceptors (Lipinski definition) is 16. The molecule has 3 unspecified atom stereocenters. The minimum Gasteiger partial charge on any atom is -0.382 e. The third kappa shape index (κ3) is 5.05. The number of nitrogens with zero attached hydrogens (tertiary/aromatic N) is 8. The zero-order chi connectivity index (χ0) is 31.0. The molecule has 7 heterocycles. The second kappa shape index (κ2) is 10.7. The van der Waals surface area contributed by atoms with Crippen molar-refractivity contribution >= 4 is 56.8 Å². The van der Waals surface area contributed by atoms with Gasteiger partial charge in [-0.15, -0.1) is 0 Å². The number of nitrogens with two attached hydrogens (primary N) is 2. The molecule has 3 aliphatic heterocycles. The van der Waals surface area contributed by atoms with Gasteiger partial charge in [-0.2, -0.15) is 0 Å². The number of alkyl halides is 2. The quantitative estimate of drug-likeness (QED) is 0.196. The highest BCUT2D eigenvalue weighted by Crippen LogP contribution is 2.54. The summed E-state index contributed by atoms with van der Waals surface area (Å²) in [5.74, 6) is 0.0359. The Hall–Kier alpha value is -3.20. The van der Waals surface area contributed by atoms with E-state index in [0.717, 1.165) is 12.7 Å². The van der Waals surface area contributed by atoms with Crippen molar-refractivity contribution in [2.75, 3.05) is 24.7 Å². The molecule has 7 rings (SSSR count). The number of ether oxygens (including phenoxy) is 2. The number of rotatable bonds is 2. The minimum absolute atomic E-state index is 0.0162. The Bertz CT molecular complexity index is 1710. The van der Waals surface area contributed by atoms with Gasteiger partial charge in [-0.1, -0.05) is 0 Å². The molecule has 44 heavy (non-hydrogen) atoms. The first kappa shape index (κ1) is 29.5. The maximum atomic E-state index is 15.9. The smallest absolute Gasteiger partial charge is 0.382 e. The van der Waals surface area contributed by atoms with E-state index in [1.165, 1.54) is 21.8 Å². The third-order valence-corrected chi connectivity index (χ3v) is 9.23. The van der Waals surface area contributed by atoms with Crippen LogP contribution in [-0.2, 0) is 36.7 Å². The average molecular weight is 656 g/mol. The lowest BCUT2D eigenvalue weighted by molar-refractivity contribution is -0.0607. The van der Waals surface area contributed by atoms with Crippen molar-refractivity contribution in [3.63, 3.8) is 0 Å². The van der Waals surface area contributed by atoms with Crippen molar-refractivity contribution < 1.29 is 50.4 Å². The van der Waals surface area contributed by atoms with E-state index in [1.54, 1.807) is 0 Å². The summed E-state index contributed by atoms with van der Waals surface area (Å²) in [5, 5.41) is 0. The van der Waals surface area contributed by atoms with E-state index < -0.39 is 77.7 Å². The number of phosphoric ester groups is 1. The van der Waals surface area contributed by atoms with Crippen LogP contribution >= 0.6 is 15.3 Å². The van der Waals surface area contributed by atoms with Gasteiger partial charge in [0.1, 0.15) is 48.1 Å². The maximum Gasteiger partial charge on any atom is 0.472 e. The van der Waals surface area contributed by atoms with Gasteiger partial charge >= 0.3 is 7.82 Å². The Morgan fingerprint density at radius 2 is 1.27 bits per heavy atom. The van der Waals surface area contributed by atoms with Crippen LogP contribution in [-0.4, -0.2) is 101 Å². The number of aromatic nitrogens is 8. The van der Waals surface area contributed by atoms with Crippen LogP contribution in [0.4, 0.5) is 20.4 Å². The lowest BCUT2D eigenvalue weighted by atomic mass is 10.1. The predicted molar refractivity (Wildman–Crippen MR) is 142 cm³/mol. The van der Waals surface area contributed by atoms with Crippen molar-refractivity contribution in [2.45, 2.75) is 49.2 Å². The van der Waals surface area contributed by atoms with Crippen molar-refractivity contribution in [3.05, 3.63) is 25.3 Å². The predicted octanol–water partition coefficient (Wildman–Crippen LogP) is 0.496. The average Bonchev–Trinajstić information content (AvgIpc) is 3.73. The second-order valence-electron chi connectivity index (χ2n) is 9.92. The van der Waals surface area contributed by atoms with E-state index in [9.17, 15) is 14.0 Å². The molecule has 0 bridgehead atoms. The summed E-state index contributed by atoms with van der Waals surface area (Å²) in [6.07, 6.45) is -9.27. The number of imidazole rings is 2. The van der Waals surface area contributed by atoms with Crippen LogP contribution in [0, 0.1) is 0 Å². The number of phosphoric acid groups is 1. The summed E-state index contributed by atoms with van der Waals surface area (Å²) in [6.45, 7) is -1.62. The summed E-state index contributed by atoms with van der Waals surface area (Å²) in [5.41, 5.74) is 12.1. The monoisotopic (exact) mass is 656 g/mol. The van der Waals surface area contributed by atoms with Gasteiger partial charge in [0.05, 0.1) is 25.9 Å². The van der Waals surface area contributed by atoms with Crippen molar-refractivity contribution in [1.29, 1.82) is 0 Å². The zero-order valence-electron chi connectivity index (χ0n) is 22.0. The summed E-state index contributed by atoms with van der Waals surface area (Å²) in [6, 6.07) is 0. The molecule has 0 aliphatic carbocycles. The van der Waals surface area contributed by atoms with E-state index in [2.05, 4.69) is 29.9 Å². The van der Waals surface area contributed by atoms with Crippen LogP contribution in [0.2, 0.25) is 0 Å². The van der Waals surface area contributed by atoms with Crippen LogP contribution in [0.25, 0.3) is 22.3 Å². The fourth-order valence-electron chi connectivity index (χ4n) is 5.20. The second-order valence-corrected chi connectivity index (χ2v) is 12.9. The fourth-order valence-corrected chi connectivity index (χ4v) is 7.16. The highest BCUT2D eigenvalue weighted by Gasteiger charge is 2.54. The minimum atomic E-state index is -5.09. The molecule has 3 fully saturated rings. The lowest BCUT2D eigenvalue weighted by Gasteiger charge is -2.28. The molecule has 3 saturated heterocycles. The Morgan fingerprint density at radius 1 is 0.795 bits per heavy atom. The van der Waals surface area contributed by atoms with E-state index in [1.807, 2.05) is 0 Å². The molecular weight excluding hydrogens is 635 g/mol. The Morgan fingerprint density at radius 3 is 1.80 bits per heavy atom. The Labute approximate surface area is 245 Å². The van der Waals surface area contributed by atoms with Crippen LogP contribution in [0.1, 0.15) is 12.5 Å². The molecule has 19 nitrogen and oxygen atoms in total. The van der Waals surface area contributed by atoms with E-state index >= 15 is 8.78 Å². The largest absolute Gasteiger partial charge is 0.472 e. The molecular formula is C20H21BF2N10O9P2. The van der Waals surface area contributed by atoms with Gasteiger partial charge in [0.25, 0.3) is 7.47 Å². The highest BCUT2D eigenvalue weighted by atomic mass is 31.2. The standard InChI is InChI=1S/C20H21BF2N10O9P2/c21-43(34)37-1-7-14(10(23)20(39-7)33-6-31-12-16(25)27-4-29-18(12)33)42-44(35,36)38-2-8-13(41-43)9(22)19(40-8)32-5-30-11-15(24)26-3-28-17(11)32/h3-10,13-14,19-20H,1-2H2,(H,35,36)(H2,24,26,28)(H2,25,27,29)/t7-,8-,9-,10-,13-,14?,19-,20-,43?/m1/s1. The summed E-state index contributed by atoms with van der Waals surface area (Å²) in [4.78, 5) is 34.4. The van der Waals surface area contributed by atoms with Crippen LogP contribution < -0.4 is 11.5 Å². The first-order chi connectivity index (χ1) is 20.9. The Balaban J connectivity index is 1.17. The van der Waals surface area contributed by atoms with Gasteiger partial charge < -0.3 is 34.9 Å². The number of halogens is 2. The number of anilines is 2. The molecule has 5 N–H and O–H groups in total. The van der Waals surface area contributed by atoms with Gasteiger partial charge in [0.2, 0.25) is 7.57 Å². The number of nitrogen functional groups attached to an aromatic ring is 2. The normalized spacial score (nSPS) is 38.2. The van der Waals surface area contributed by atoms with Crippen LogP contribution in [0.5, 0.6) is 0 Å². The molecule has 0 saturated carbocycles. The summed E-state index contributed by atoms with van der Waals surface area (Å²) >= 11 is 0. The van der Waals surface area contributed by atoms with E-state index in [0.29, 0.717) is 0 Å². The molecule has 232 valence electrons. The van der Waals surface area contributed by atoms with Crippen molar-refractivity contribution in [3.8, 4) is 0 Å². The van der Waals surface area contributed by atoms with Crippen molar-refractivity contribution in [1.82, 2.24) is 39.0 Å². The Kier molecular flexibility index (Phi) is 7.18. The third-order valence-electron chi connectivity index (χ3n) is 7.20. The SMILES string of the molecule is [B]P1(=O)OC[C@H]2O[C@@H](n3cnc4c(N)ncnc43)[C@H](F)C2OP(=O)(O)OC[C@H]2O[C@@H](n3cnc4c(N)ncnc43)[C@H](F)[C@@H]2O1. The lowest BCUT2D eigenvalue weighted by Crippen LogP contribution is -2.37. The molecule has 2 radical (unpaired) electrons. The maximum absolute atomic E-state index is 15.9. The molecule has 10 atom stereocenters. The molecule has 3 aliphatic rings. The van der Waals surface area contributed by atoms with Gasteiger partial charge in [-0.05, 0) is 0 Å². The molecule has 0 aromatic carbocycles. The van der Waals surface area contributed by atoms with Crippen LogP contribution in [0.3, 0.4) is 0 Å². The van der Waals surface area contributed by atoms with Crippen LogP contribution in [0.15, 0.2) is 25.3 Å². The molecule has 24 heteroatoms. The molecule has 4 aromatic rings. The van der Waals surface area contributed by atoms with Gasteiger partial charge in [-0.25, -0.2) is 43.2 Å². The van der Waals surface area contributed by atoms with Crippen molar-refractivity contribution in [2.24, 2.45) is 0 Å². The zero-order valence-corrected chi connectivity index (χ0v) is 23.8. The van der Waals surface area contributed by atoms with Gasteiger partial charge in [0.15, 0.2) is 47.7 Å². The number of fused-ring (bicyclic) bond motifs is 4. The topological polar surface area (TPSA) is 249 Å². The first-order valence-corrected chi connectivity index (χ1v) is 15.9. The first-order valence-electron chi connectivity index (χ1n) is 12.7. The molecule has 4 aromatic heterocycles. The fraction of sp³-hybridized carbons (Fsp3) is 0.500. The molecule has 0 amide bonds. The number of hydrogen-bond donors (Lipinski definition) is 3. The highest BCUT2D eigenvalue weighted by molar-refractivity contribution is 7.79. The summed E-state index contributed by atoms with van der Waals surface area (Å²) in [7, 11) is -3.92. The summed E-state index contributed by atoms with van der Waals surface area (Å²) < 4.78 is 92.6.